The van der Waals surface area contributed by atoms with Gasteiger partial charge in [-0.25, -0.2) is 8.78 Å². The van der Waals surface area contributed by atoms with Gasteiger partial charge in [0.1, 0.15) is 18.0 Å². The number of nitrogens with one attached hydrogen (secondary N) is 1. The summed E-state index contributed by atoms with van der Waals surface area (Å²) in [6.45, 7) is 2.37. The van der Waals surface area contributed by atoms with Gasteiger partial charge in [-0.05, 0) is 36.9 Å². The first-order valence-electron chi connectivity index (χ1n) is 7.85. The highest BCUT2D eigenvalue weighted by molar-refractivity contribution is 8.00. The molecule has 26 heavy (non-hydrogen) atoms. The molecular formula is C17H16F2N4OS2. The van der Waals surface area contributed by atoms with Crippen molar-refractivity contribution in [3.8, 4) is 0 Å². The van der Waals surface area contributed by atoms with E-state index in [4.69, 9.17) is 0 Å². The van der Waals surface area contributed by atoms with Crippen molar-refractivity contribution >= 4 is 34.7 Å². The van der Waals surface area contributed by atoms with Crippen LogP contribution in [0.2, 0.25) is 0 Å². The molecule has 0 spiro atoms. The fourth-order valence-electron chi connectivity index (χ4n) is 2.21. The van der Waals surface area contributed by atoms with Crippen LogP contribution in [0.5, 0.6) is 0 Å². The second-order valence-electron chi connectivity index (χ2n) is 5.51. The second-order valence-corrected chi connectivity index (χ2v) is 7.85. The van der Waals surface area contributed by atoms with Crippen LogP contribution in [0.1, 0.15) is 11.8 Å². The zero-order valence-electron chi connectivity index (χ0n) is 13.9. The van der Waals surface area contributed by atoms with Gasteiger partial charge in [0.2, 0.25) is 5.91 Å². The molecule has 0 aliphatic rings. The van der Waals surface area contributed by atoms with E-state index in [0.717, 1.165) is 24.6 Å². The van der Waals surface area contributed by atoms with Gasteiger partial charge in [0.15, 0.2) is 5.16 Å². The Balaban J connectivity index is 1.60. The third-order valence-corrected chi connectivity index (χ3v) is 5.63. The standard InChI is InChI=1S/C17H16F2N4OS2/c1-11(16(24)21-15-9-12(18)4-5-14(15)19)26-17-22-20-10-23(17)7-6-13-3-2-8-25-13/h2-5,8-11H,6-7H2,1H3,(H,21,24). The molecule has 9 heteroatoms. The molecule has 1 amide bonds. The molecule has 2 aromatic heterocycles. The van der Waals surface area contributed by atoms with E-state index in [2.05, 4.69) is 21.6 Å². The number of thioether (sulfide) groups is 1. The first-order chi connectivity index (χ1) is 12.5. The smallest absolute Gasteiger partial charge is 0.237 e. The summed E-state index contributed by atoms with van der Waals surface area (Å²) in [6, 6.07) is 6.99. The van der Waals surface area contributed by atoms with E-state index in [1.165, 1.54) is 16.6 Å². The summed E-state index contributed by atoms with van der Waals surface area (Å²) in [7, 11) is 0. The van der Waals surface area contributed by atoms with Crippen molar-refractivity contribution in [1.29, 1.82) is 0 Å². The largest absolute Gasteiger partial charge is 0.323 e. The van der Waals surface area contributed by atoms with Gasteiger partial charge in [-0.1, -0.05) is 17.8 Å². The van der Waals surface area contributed by atoms with Crippen molar-refractivity contribution in [2.45, 2.75) is 30.3 Å². The number of nitrogens with zero attached hydrogens (tertiary/aromatic N) is 3. The molecule has 1 aromatic carbocycles. The first kappa shape index (κ1) is 18.5. The number of thiophene rings is 1. The maximum atomic E-state index is 13.7. The van der Waals surface area contributed by atoms with Crippen LogP contribution < -0.4 is 5.32 Å². The molecule has 0 aliphatic heterocycles. The number of benzene rings is 1. The van der Waals surface area contributed by atoms with Crippen LogP contribution in [0.4, 0.5) is 14.5 Å². The van der Waals surface area contributed by atoms with Crippen molar-refractivity contribution in [1.82, 2.24) is 14.8 Å². The van der Waals surface area contributed by atoms with Crippen LogP contribution in [0.15, 0.2) is 47.2 Å². The zero-order valence-corrected chi connectivity index (χ0v) is 15.5. The van der Waals surface area contributed by atoms with Crippen molar-refractivity contribution in [2.75, 3.05) is 5.32 Å². The van der Waals surface area contributed by atoms with Gasteiger partial charge in [0.05, 0.1) is 10.9 Å². The minimum Gasteiger partial charge on any atom is -0.323 e. The molecule has 1 unspecified atom stereocenters. The van der Waals surface area contributed by atoms with Gasteiger partial charge in [0.25, 0.3) is 0 Å². The lowest BCUT2D eigenvalue weighted by Crippen LogP contribution is -2.23. The summed E-state index contributed by atoms with van der Waals surface area (Å²) in [6.07, 6.45) is 2.46. The summed E-state index contributed by atoms with van der Waals surface area (Å²) in [4.78, 5) is 13.5. The lowest BCUT2D eigenvalue weighted by Gasteiger charge is -2.13. The van der Waals surface area contributed by atoms with Crippen molar-refractivity contribution in [3.63, 3.8) is 0 Å². The summed E-state index contributed by atoms with van der Waals surface area (Å²) in [5.41, 5.74) is -0.179. The van der Waals surface area contributed by atoms with Gasteiger partial charge in [-0.15, -0.1) is 21.5 Å². The normalized spacial score (nSPS) is 12.1. The minimum atomic E-state index is -0.684. The zero-order chi connectivity index (χ0) is 18.5. The Kier molecular flexibility index (Phi) is 6.00. The molecular weight excluding hydrogens is 378 g/mol. The number of rotatable bonds is 7. The van der Waals surface area contributed by atoms with Crippen molar-refractivity contribution in [3.05, 3.63) is 58.6 Å². The van der Waals surface area contributed by atoms with Crippen molar-refractivity contribution in [2.24, 2.45) is 0 Å². The van der Waals surface area contributed by atoms with Gasteiger partial charge in [-0.2, -0.15) is 0 Å². The number of hydrogen-bond donors (Lipinski definition) is 1. The summed E-state index contributed by atoms with van der Waals surface area (Å²) in [5, 5.41) is 12.4. The molecule has 0 radical (unpaired) electrons. The molecule has 0 saturated heterocycles. The van der Waals surface area contributed by atoms with Crippen LogP contribution in [-0.4, -0.2) is 25.9 Å². The van der Waals surface area contributed by atoms with E-state index in [9.17, 15) is 13.6 Å². The summed E-state index contributed by atoms with van der Waals surface area (Å²) < 4.78 is 28.7. The fourth-order valence-corrected chi connectivity index (χ4v) is 3.76. The van der Waals surface area contributed by atoms with Crippen LogP contribution in [0.3, 0.4) is 0 Å². The Bertz CT molecular complexity index is 883. The van der Waals surface area contributed by atoms with E-state index >= 15 is 0 Å². The third-order valence-electron chi connectivity index (χ3n) is 3.60. The number of carbonyl (C=O) groups excluding carboxylic acids is 1. The van der Waals surface area contributed by atoms with Gasteiger partial charge in [0, 0.05) is 17.5 Å². The summed E-state index contributed by atoms with van der Waals surface area (Å²) in [5.74, 6) is -1.74. The van der Waals surface area contributed by atoms with Crippen LogP contribution in [-0.2, 0) is 17.8 Å². The molecule has 0 saturated carbocycles. The second kappa shape index (κ2) is 8.41. The Morgan fingerprint density at radius 3 is 3.00 bits per heavy atom. The number of hydrogen-bond acceptors (Lipinski definition) is 5. The Hall–Kier alpha value is -2.26. The lowest BCUT2D eigenvalue weighted by atomic mass is 10.3. The van der Waals surface area contributed by atoms with E-state index in [-0.39, 0.29) is 5.69 Å². The van der Waals surface area contributed by atoms with E-state index in [1.807, 2.05) is 16.0 Å². The molecule has 136 valence electrons. The highest BCUT2D eigenvalue weighted by atomic mass is 32.2. The van der Waals surface area contributed by atoms with Gasteiger partial charge < -0.3 is 9.88 Å². The number of aromatic nitrogens is 3. The average Bonchev–Trinajstić information content (AvgIpc) is 3.28. The minimum absolute atomic E-state index is 0.179. The molecule has 1 atom stereocenters. The fraction of sp³-hybridized carbons (Fsp3) is 0.235. The molecule has 0 bridgehead atoms. The predicted octanol–water partition coefficient (Wildman–Crippen LogP) is 3.98. The number of carbonyl (C=O) groups is 1. The highest BCUT2D eigenvalue weighted by Crippen LogP contribution is 2.24. The number of halogens is 2. The third kappa shape index (κ3) is 4.67. The molecule has 2 heterocycles. The maximum Gasteiger partial charge on any atom is 0.237 e. The maximum absolute atomic E-state index is 13.7. The molecule has 3 rings (SSSR count). The topological polar surface area (TPSA) is 59.8 Å². The number of amides is 1. The van der Waals surface area contributed by atoms with E-state index < -0.39 is 22.8 Å². The quantitative estimate of drug-likeness (QED) is 0.616. The number of aryl methyl sites for hydroxylation is 2. The molecule has 0 aliphatic carbocycles. The molecule has 3 aromatic rings. The van der Waals surface area contributed by atoms with Crippen LogP contribution >= 0.6 is 23.1 Å². The van der Waals surface area contributed by atoms with E-state index in [1.54, 1.807) is 24.6 Å². The van der Waals surface area contributed by atoms with E-state index in [0.29, 0.717) is 11.7 Å². The SMILES string of the molecule is CC(Sc1nncn1CCc1cccs1)C(=O)Nc1cc(F)ccc1F. The van der Waals surface area contributed by atoms with Gasteiger partial charge in [-0.3, -0.25) is 4.79 Å². The van der Waals surface area contributed by atoms with Crippen LogP contribution in [0, 0.1) is 11.6 Å². The predicted molar refractivity (Wildman–Crippen MR) is 98.4 cm³/mol. The van der Waals surface area contributed by atoms with Gasteiger partial charge >= 0.3 is 0 Å². The Morgan fingerprint density at radius 1 is 1.38 bits per heavy atom. The number of anilines is 1. The van der Waals surface area contributed by atoms with Crippen LogP contribution in [0.25, 0.3) is 0 Å². The Morgan fingerprint density at radius 2 is 2.23 bits per heavy atom. The monoisotopic (exact) mass is 394 g/mol. The molecule has 5 nitrogen and oxygen atoms in total. The molecule has 1 N–H and O–H groups in total. The lowest BCUT2D eigenvalue weighted by molar-refractivity contribution is -0.115. The summed E-state index contributed by atoms with van der Waals surface area (Å²) >= 11 is 2.90. The Labute approximate surface area is 157 Å². The average molecular weight is 394 g/mol. The molecule has 0 fully saturated rings. The first-order valence-corrected chi connectivity index (χ1v) is 9.61. The highest BCUT2D eigenvalue weighted by Gasteiger charge is 2.19. The van der Waals surface area contributed by atoms with Crippen molar-refractivity contribution < 1.29 is 13.6 Å².